The Hall–Kier alpha value is -2.94. The maximum atomic E-state index is 10.7. The van der Waals surface area contributed by atoms with Gasteiger partial charge in [0, 0.05) is 26.3 Å². The van der Waals surface area contributed by atoms with Gasteiger partial charge in [0.25, 0.3) is 0 Å². The summed E-state index contributed by atoms with van der Waals surface area (Å²) in [6.45, 7) is 6.96. The molecule has 0 saturated carbocycles. The van der Waals surface area contributed by atoms with Crippen LogP contribution in [-0.4, -0.2) is 60.1 Å². The fourth-order valence-electron chi connectivity index (χ4n) is 4.49. The van der Waals surface area contributed by atoms with Crippen LogP contribution in [0.3, 0.4) is 0 Å². The average molecular weight is 465 g/mol. The molecule has 0 spiro atoms. The Bertz CT molecular complexity index is 1040. The van der Waals surface area contributed by atoms with E-state index in [0.717, 1.165) is 35.2 Å². The first-order valence-corrected chi connectivity index (χ1v) is 11.7. The van der Waals surface area contributed by atoms with Crippen molar-refractivity contribution in [2.45, 2.75) is 58.0 Å². The summed E-state index contributed by atoms with van der Waals surface area (Å²) in [5, 5.41) is 18.1. The fourth-order valence-corrected chi connectivity index (χ4v) is 4.49. The SMILES string of the molecule is CCC[C@H]1N=C(C(C)(C)O)C(COC)N1Cc1ccc(-c2ccccc2C(N=NN)=NC)cc1. The Morgan fingerprint density at radius 1 is 1.18 bits per heavy atom. The largest absolute Gasteiger partial charge is 0.384 e. The van der Waals surface area contributed by atoms with Gasteiger partial charge in [0.1, 0.15) is 6.17 Å². The first-order chi connectivity index (χ1) is 16.3. The number of aliphatic hydroxyl groups is 1. The van der Waals surface area contributed by atoms with Gasteiger partial charge in [0.05, 0.1) is 24.0 Å². The predicted octanol–water partition coefficient (Wildman–Crippen LogP) is 4.22. The summed E-state index contributed by atoms with van der Waals surface area (Å²) >= 11 is 0. The maximum Gasteiger partial charge on any atom is 0.179 e. The van der Waals surface area contributed by atoms with Crippen LogP contribution in [0.25, 0.3) is 11.1 Å². The van der Waals surface area contributed by atoms with Crippen molar-refractivity contribution in [3.63, 3.8) is 0 Å². The van der Waals surface area contributed by atoms with Crippen molar-refractivity contribution in [3.8, 4) is 11.1 Å². The van der Waals surface area contributed by atoms with E-state index in [4.69, 9.17) is 15.6 Å². The van der Waals surface area contributed by atoms with Gasteiger partial charge in [-0.3, -0.25) is 14.9 Å². The molecule has 0 saturated heterocycles. The Morgan fingerprint density at radius 3 is 2.47 bits per heavy atom. The first-order valence-electron chi connectivity index (χ1n) is 11.7. The lowest BCUT2D eigenvalue weighted by atomic mass is 9.95. The van der Waals surface area contributed by atoms with Crippen LogP contribution in [0.15, 0.2) is 68.9 Å². The van der Waals surface area contributed by atoms with Gasteiger partial charge < -0.3 is 15.7 Å². The van der Waals surface area contributed by atoms with E-state index in [1.807, 2.05) is 24.3 Å². The molecule has 182 valence electrons. The molecule has 3 rings (SSSR count). The molecule has 34 heavy (non-hydrogen) atoms. The third kappa shape index (κ3) is 5.75. The molecule has 3 N–H and O–H groups in total. The Balaban J connectivity index is 1.88. The minimum Gasteiger partial charge on any atom is -0.384 e. The van der Waals surface area contributed by atoms with Gasteiger partial charge in [0.15, 0.2) is 5.84 Å². The number of rotatable bonds is 9. The van der Waals surface area contributed by atoms with Gasteiger partial charge in [-0.15, -0.1) is 5.11 Å². The summed E-state index contributed by atoms with van der Waals surface area (Å²) in [5.41, 5.74) is 3.91. The van der Waals surface area contributed by atoms with Crippen molar-refractivity contribution in [1.29, 1.82) is 0 Å². The maximum absolute atomic E-state index is 10.7. The summed E-state index contributed by atoms with van der Waals surface area (Å²) in [6, 6.07) is 16.4. The zero-order valence-corrected chi connectivity index (χ0v) is 20.8. The summed E-state index contributed by atoms with van der Waals surface area (Å²) in [4.78, 5) is 11.5. The number of benzene rings is 2. The molecule has 0 aliphatic carbocycles. The van der Waals surface area contributed by atoms with E-state index in [9.17, 15) is 5.11 Å². The van der Waals surface area contributed by atoms with Gasteiger partial charge in [-0.25, -0.2) is 0 Å². The average Bonchev–Trinajstić information content (AvgIpc) is 3.16. The van der Waals surface area contributed by atoms with Crippen LogP contribution in [-0.2, 0) is 11.3 Å². The Labute approximate surface area is 202 Å². The topological polar surface area (TPSA) is 108 Å². The molecule has 0 bridgehead atoms. The molecule has 0 radical (unpaired) electrons. The van der Waals surface area contributed by atoms with Gasteiger partial charge in [-0.05, 0) is 37.0 Å². The molecule has 1 aliphatic rings. The van der Waals surface area contributed by atoms with Crippen LogP contribution in [0.4, 0.5) is 0 Å². The number of methoxy groups -OCH3 is 1. The standard InChI is InChI=1S/C26H36N6O2/c1-6-9-23-29-24(26(2,3)33)22(17-34-5)32(23)16-18-12-14-19(15-13-18)20-10-7-8-11-21(20)25(28-4)30-31-27/h7-8,10-15,22-23,33H,6,9,16-17H2,1-5H3,(H2,27,28,30)/t22?,23-/m0/s1. The van der Waals surface area contributed by atoms with Crippen LogP contribution in [0.1, 0.15) is 44.7 Å². The van der Waals surface area contributed by atoms with Gasteiger partial charge in [0.2, 0.25) is 0 Å². The number of amidine groups is 1. The lowest BCUT2D eigenvalue weighted by molar-refractivity contribution is 0.0882. The highest BCUT2D eigenvalue weighted by Crippen LogP contribution is 2.30. The summed E-state index contributed by atoms with van der Waals surface area (Å²) < 4.78 is 5.52. The molecule has 2 aromatic carbocycles. The zero-order chi connectivity index (χ0) is 24.7. The van der Waals surface area contributed by atoms with Crippen LogP contribution < -0.4 is 5.84 Å². The molecule has 2 aromatic rings. The third-order valence-corrected chi connectivity index (χ3v) is 6.05. The number of hydrogen-bond acceptors (Lipinski definition) is 6. The quantitative estimate of drug-likeness (QED) is 0.190. The van der Waals surface area contributed by atoms with Gasteiger partial charge in [-0.2, -0.15) is 0 Å². The van der Waals surface area contributed by atoms with Crippen molar-refractivity contribution >= 4 is 11.5 Å². The normalized spacial score (nSPS) is 19.7. The Morgan fingerprint density at radius 2 is 1.88 bits per heavy atom. The number of aliphatic imine (C=N–C) groups is 2. The molecule has 1 aliphatic heterocycles. The molecule has 8 nitrogen and oxygen atoms in total. The van der Waals surface area contributed by atoms with E-state index in [-0.39, 0.29) is 12.2 Å². The molecule has 0 amide bonds. The van der Waals surface area contributed by atoms with E-state index in [1.165, 1.54) is 5.56 Å². The van der Waals surface area contributed by atoms with Crippen molar-refractivity contribution in [1.82, 2.24) is 4.90 Å². The zero-order valence-electron chi connectivity index (χ0n) is 20.8. The highest BCUT2D eigenvalue weighted by Gasteiger charge is 2.41. The fraction of sp³-hybridized carbons (Fsp3) is 0.462. The molecule has 2 atom stereocenters. The molecular formula is C26H36N6O2. The summed E-state index contributed by atoms with van der Waals surface area (Å²) in [5.74, 6) is 5.76. The second-order valence-electron chi connectivity index (χ2n) is 8.99. The van der Waals surface area contributed by atoms with E-state index >= 15 is 0 Å². The summed E-state index contributed by atoms with van der Waals surface area (Å²) in [6.07, 6.45) is 1.97. The van der Waals surface area contributed by atoms with Crippen LogP contribution in [0.2, 0.25) is 0 Å². The van der Waals surface area contributed by atoms with Crippen molar-refractivity contribution < 1.29 is 9.84 Å². The van der Waals surface area contributed by atoms with Crippen LogP contribution >= 0.6 is 0 Å². The minimum absolute atomic E-state index is 0.0249. The van der Waals surface area contributed by atoms with Crippen LogP contribution in [0, 0.1) is 0 Å². The van der Waals surface area contributed by atoms with Crippen molar-refractivity contribution in [3.05, 3.63) is 59.7 Å². The molecular weight excluding hydrogens is 428 g/mol. The number of nitrogens with zero attached hydrogens (tertiary/aromatic N) is 5. The highest BCUT2D eigenvalue weighted by atomic mass is 16.5. The Kier molecular flexibility index (Phi) is 8.66. The number of nitrogens with two attached hydrogens (primary N) is 1. The number of hydrogen-bond donors (Lipinski definition) is 2. The van der Waals surface area contributed by atoms with Gasteiger partial charge in [-0.1, -0.05) is 67.1 Å². The van der Waals surface area contributed by atoms with E-state index in [1.54, 1.807) is 28.0 Å². The number of ether oxygens (including phenoxy) is 1. The summed E-state index contributed by atoms with van der Waals surface area (Å²) in [7, 11) is 3.37. The minimum atomic E-state index is -0.989. The first kappa shape index (κ1) is 25.7. The molecule has 1 heterocycles. The van der Waals surface area contributed by atoms with Crippen molar-refractivity contribution in [2.24, 2.45) is 26.2 Å². The molecule has 8 heteroatoms. The second-order valence-corrected chi connectivity index (χ2v) is 8.99. The third-order valence-electron chi connectivity index (χ3n) is 6.05. The smallest absolute Gasteiger partial charge is 0.179 e. The van der Waals surface area contributed by atoms with E-state index in [2.05, 4.69) is 51.4 Å². The van der Waals surface area contributed by atoms with Crippen LogP contribution in [0.5, 0.6) is 0 Å². The second kappa shape index (κ2) is 11.5. The highest BCUT2D eigenvalue weighted by molar-refractivity contribution is 6.04. The van der Waals surface area contributed by atoms with E-state index in [0.29, 0.717) is 19.0 Å². The van der Waals surface area contributed by atoms with Crippen molar-refractivity contribution in [2.75, 3.05) is 20.8 Å². The monoisotopic (exact) mass is 464 g/mol. The molecule has 1 unspecified atom stereocenters. The lowest BCUT2D eigenvalue weighted by Gasteiger charge is -2.32. The molecule has 0 aromatic heterocycles. The van der Waals surface area contributed by atoms with Gasteiger partial charge >= 0.3 is 0 Å². The lowest BCUT2D eigenvalue weighted by Crippen LogP contribution is -2.48. The molecule has 0 fully saturated rings. The predicted molar refractivity (Wildman–Crippen MR) is 137 cm³/mol. The van der Waals surface area contributed by atoms with E-state index < -0.39 is 5.60 Å².